The van der Waals surface area contributed by atoms with Gasteiger partial charge in [-0.25, -0.2) is 9.37 Å². The lowest BCUT2D eigenvalue weighted by Crippen LogP contribution is -2.34. The van der Waals surface area contributed by atoms with E-state index in [0.717, 1.165) is 68.4 Å². The molecule has 0 unspecified atom stereocenters. The quantitative estimate of drug-likeness (QED) is 0.531. The molecule has 0 amide bonds. The third kappa shape index (κ3) is 5.09. The van der Waals surface area contributed by atoms with Crippen molar-refractivity contribution >= 4 is 5.95 Å². The molecule has 2 aliphatic heterocycles. The van der Waals surface area contributed by atoms with E-state index in [9.17, 15) is 4.39 Å². The van der Waals surface area contributed by atoms with E-state index >= 15 is 0 Å². The Balaban J connectivity index is 1.43. The largest absolute Gasteiger partial charge is 0.497 e. The van der Waals surface area contributed by atoms with E-state index in [1.54, 1.807) is 19.2 Å². The average molecular weight is 449 g/mol. The molecule has 33 heavy (non-hydrogen) atoms. The molecule has 0 N–H and O–H groups in total. The zero-order chi connectivity index (χ0) is 22.6. The van der Waals surface area contributed by atoms with Gasteiger partial charge in [0.1, 0.15) is 17.3 Å². The molecule has 3 heterocycles. The van der Waals surface area contributed by atoms with Crippen LogP contribution in [0.3, 0.4) is 0 Å². The summed E-state index contributed by atoms with van der Waals surface area (Å²) in [5.41, 5.74) is 3.24. The van der Waals surface area contributed by atoms with Crippen molar-refractivity contribution in [2.45, 2.75) is 38.8 Å². The van der Waals surface area contributed by atoms with Gasteiger partial charge in [-0.15, -0.1) is 0 Å². The fraction of sp³-hybridized carbons (Fsp3) is 0.385. The molecule has 0 atom stereocenters. The van der Waals surface area contributed by atoms with Crippen molar-refractivity contribution in [1.82, 2.24) is 14.9 Å². The smallest absolute Gasteiger partial charge is 0.228 e. The molecule has 1 aromatic heterocycles. The van der Waals surface area contributed by atoms with Gasteiger partial charge in [0.2, 0.25) is 11.8 Å². The summed E-state index contributed by atoms with van der Waals surface area (Å²) >= 11 is 0. The van der Waals surface area contributed by atoms with Crippen molar-refractivity contribution < 1.29 is 13.9 Å². The molecule has 5 rings (SSSR count). The van der Waals surface area contributed by atoms with Gasteiger partial charge in [-0.3, -0.25) is 4.90 Å². The van der Waals surface area contributed by atoms with Crippen LogP contribution >= 0.6 is 0 Å². The lowest BCUT2D eigenvalue weighted by molar-refractivity contribution is 0.238. The number of nitrogens with zero attached hydrogens (tertiary/aromatic N) is 4. The van der Waals surface area contributed by atoms with Crippen LogP contribution in [0.15, 0.2) is 48.5 Å². The zero-order valence-corrected chi connectivity index (χ0v) is 19.0. The van der Waals surface area contributed by atoms with Crippen LogP contribution in [0.1, 0.15) is 36.1 Å². The van der Waals surface area contributed by atoms with Crippen LogP contribution in [0.5, 0.6) is 17.4 Å². The van der Waals surface area contributed by atoms with Crippen molar-refractivity contribution in [1.29, 1.82) is 0 Å². The Labute approximate surface area is 194 Å². The number of methoxy groups -OCH3 is 1. The molecule has 0 bridgehead atoms. The average Bonchev–Trinajstić information content (AvgIpc) is 2.85. The number of ether oxygens (including phenoxy) is 2. The Hall–Kier alpha value is -3.19. The van der Waals surface area contributed by atoms with Crippen LogP contribution in [-0.2, 0) is 19.5 Å². The topological polar surface area (TPSA) is 50.7 Å². The number of fused-ring (bicyclic) bond motifs is 1. The molecule has 3 aromatic rings. The zero-order valence-electron chi connectivity index (χ0n) is 19.0. The molecular formula is C26H29FN4O2. The van der Waals surface area contributed by atoms with Gasteiger partial charge in [-0.05, 0) is 49.1 Å². The minimum Gasteiger partial charge on any atom is -0.497 e. The van der Waals surface area contributed by atoms with Crippen molar-refractivity contribution in [3.63, 3.8) is 0 Å². The molecule has 0 spiro atoms. The standard InChI is InChI=1S/C26H29FN4O2/c1-32-21-10-8-19(9-11-21)17-30-15-12-24-23(18-30)25(33-22-7-5-6-20(27)16-22)29-26(28-24)31-13-3-2-4-14-31/h5-11,16H,2-4,12-15,17-18H2,1H3. The maximum absolute atomic E-state index is 13.8. The molecule has 0 radical (unpaired) electrons. The molecule has 6 nitrogen and oxygen atoms in total. The van der Waals surface area contributed by atoms with E-state index in [2.05, 4.69) is 21.9 Å². The van der Waals surface area contributed by atoms with E-state index in [-0.39, 0.29) is 5.82 Å². The van der Waals surface area contributed by atoms with E-state index in [0.29, 0.717) is 18.2 Å². The van der Waals surface area contributed by atoms with Crippen LogP contribution in [-0.4, -0.2) is 41.6 Å². The van der Waals surface area contributed by atoms with Crippen LogP contribution in [0.2, 0.25) is 0 Å². The minimum atomic E-state index is -0.326. The first-order valence-electron chi connectivity index (χ1n) is 11.6. The van der Waals surface area contributed by atoms with E-state index < -0.39 is 0 Å². The highest BCUT2D eigenvalue weighted by Gasteiger charge is 2.26. The number of aromatic nitrogens is 2. The van der Waals surface area contributed by atoms with Crippen LogP contribution < -0.4 is 14.4 Å². The molecule has 0 saturated carbocycles. The van der Waals surface area contributed by atoms with Crippen molar-refractivity contribution in [3.8, 4) is 17.4 Å². The van der Waals surface area contributed by atoms with Gasteiger partial charge in [-0.1, -0.05) is 18.2 Å². The lowest BCUT2D eigenvalue weighted by Gasteiger charge is -2.32. The number of hydrogen-bond donors (Lipinski definition) is 0. The normalized spacial score (nSPS) is 16.4. The number of halogens is 1. The highest BCUT2D eigenvalue weighted by molar-refractivity contribution is 5.44. The maximum atomic E-state index is 13.8. The fourth-order valence-corrected chi connectivity index (χ4v) is 4.51. The summed E-state index contributed by atoms with van der Waals surface area (Å²) in [5, 5.41) is 0. The highest BCUT2D eigenvalue weighted by atomic mass is 19.1. The first-order valence-corrected chi connectivity index (χ1v) is 11.6. The van der Waals surface area contributed by atoms with Gasteiger partial charge < -0.3 is 14.4 Å². The number of piperidine rings is 1. The first-order chi connectivity index (χ1) is 16.2. The Bertz CT molecular complexity index is 1100. The Morgan fingerprint density at radius 1 is 0.939 bits per heavy atom. The van der Waals surface area contributed by atoms with E-state index in [1.165, 1.54) is 24.1 Å². The molecule has 2 aliphatic rings. The second kappa shape index (κ2) is 9.75. The summed E-state index contributed by atoms with van der Waals surface area (Å²) in [6.07, 6.45) is 4.37. The third-order valence-corrected chi connectivity index (χ3v) is 6.30. The first kappa shape index (κ1) is 21.6. The predicted molar refractivity (Wildman–Crippen MR) is 125 cm³/mol. The highest BCUT2D eigenvalue weighted by Crippen LogP contribution is 2.32. The molecule has 172 valence electrons. The van der Waals surface area contributed by atoms with Crippen molar-refractivity contribution in [2.24, 2.45) is 0 Å². The lowest BCUT2D eigenvalue weighted by atomic mass is 10.1. The maximum Gasteiger partial charge on any atom is 0.228 e. The molecule has 1 saturated heterocycles. The van der Waals surface area contributed by atoms with Gasteiger partial charge in [0, 0.05) is 45.2 Å². The molecule has 2 aromatic carbocycles. The minimum absolute atomic E-state index is 0.326. The van der Waals surface area contributed by atoms with Gasteiger partial charge in [0.25, 0.3) is 0 Å². The Kier molecular flexibility index (Phi) is 6.39. The predicted octanol–water partition coefficient (Wildman–Crippen LogP) is 4.97. The van der Waals surface area contributed by atoms with Crippen molar-refractivity contribution in [2.75, 3.05) is 31.6 Å². The molecule has 7 heteroatoms. The second-order valence-corrected chi connectivity index (χ2v) is 8.67. The second-order valence-electron chi connectivity index (χ2n) is 8.67. The summed E-state index contributed by atoms with van der Waals surface area (Å²) < 4.78 is 25.2. The van der Waals surface area contributed by atoms with Crippen LogP contribution in [0.4, 0.5) is 10.3 Å². The monoisotopic (exact) mass is 448 g/mol. The summed E-state index contributed by atoms with van der Waals surface area (Å²) in [6.45, 7) is 4.33. The van der Waals surface area contributed by atoms with Gasteiger partial charge in [0.15, 0.2) is 0 Å². The van der Waals surface area contributed by atoms with Gasteiger partial charge in [-0.2, -0.15) is 4.98 Å². The Morgan fingerprint density at radius 3 is 2.52 bits per heavy atom. The molecular weight excluding hydrogens is 419 g/mol. The molecule has 0 aliphatic carbocycles. The van der Waals surface area contributed by atoms with E-state index in [4.69, 9.17) is 19.4 Å². The summed E-state index contributed by atoms with van der Waals surface area (Å²) in [6, 6.07) is 14.4. The van der Waals surface area contributed by atoms with Gasteiger partial charge in [0.05, 0.1) is 18.4 Å². The third-order valence-electron chi connectivity index (χ3n) is 6.30. The summed E-state index contributed by atoms with van der Waals surface area (Å²) in [7, 11) is 1.68. The number of hydrogen-bond acceptors (Lipinski definition) is 6. The SMILES string of the molecule is COc1ccc(CN2CCc3nc(N4CCCCC4)nc(Oc4cccc(F)c4)c3C2)cc1. The number of benzene rings is 2. The fourth-order valence-electron chi connectivity index (χ4n) is 4.51. The van der Waals surface area contributed by atoms with Crippen molar-refractivity contribution in [3.05, 3.63) is 71.2 Å². The van der Waals surface area contributed by atoms with E-state index in [1.807, 2.05) is 12.1 Å². The van der Waals surface area contributed by atoms with Crippen LogP contribution in [0, 0.1) is 5.82 Å². The number of rotatable bonds is 6. The number of anilines is 1. The molecule has 1 fully saturated rings. The van der Waals surface area contributed by atoms with Gasteiger partial charge >= 0.3 is 0 Å². The Morgan fingerprint density at radius 2 is 1.76 bits per heavy atom. The summed E-state index contributed by atoms with van der Waals surface area (Å²) in [5.74, 6) is 2.24. The van der Waals surface area contributed by atoms with Crippen LogP contribution in [0.25, 0.3) is 0 Å². The summed E-state index contributed by atoms with van der Waals surface area (Å²) in [4.78, 5) is 14.4.